The maximum atomic E-state index is 6.18. The second-order valence-electron chi connectivity index (χ2n) is 4.66. The molecule has 0 amide bonds. The van der Waals surface area contributed by atoms with Gasteiger partial charge in [0.1, 0.15) is 18.1 Å². The second-order valence-corrected chi connectivity index (χ2v) is 4.66. The molecule has 0 saturated heterocycles. The lowest BCUT2D eigenvalue weighted by atomic mass is 10.1. The molecule has 0 radical (unpaired) electrons. The van der Waals surface area contributed by atoms with Crippen LogP contribution in [0, 0.1) is 0 Å². The van der Waals surface area contributed by atoms with E-state index in [0.29, 0.717) is 6.61 Å². The minimum absolute atomic E-state index is 0.171. The Morgan fingerprint density at radius 1 is 1.10 bits per heavy atom. The zero-order chi connectivity index (χ0) is 14.4. The predicted molar refractivity (Wildman–Crippen MR) is 81.2 cm³/mol. The number of hydrogen-bond acceptors (Lipinski definition) is 3. The molecule has 0 aliphatic heterocycles. The Morgan fingerprint density at radius 2 is 1.90 bits per heavy atom. The summed E-state index contributed by atoms with van der Waals surface area (Å²) in [5, 5.41) is 0. The van der Waals surface area contributed by atoms with Crippen molar-refractivity contribution in [1.82, 2.24) is 0 Å². The first-order valence-electron chi connectivity index (χ1n) is 6.84. The zero-order valence-electron chi connectivity index (χ0n) is 12.0. The van der Waals surface area contributed by atoms with Crippen LogP contribution >= 0.6 is 0 Å². The summed E-state index contributed by atoms with van der Waals surface area (Å²) in [7, 11) is 1.65. The molecule has 106 valence electrons. The SMILES string of the molecule is CCc1ccccc1OCC(N)c1cccc(OC)c1. The Kier molecular flexibility index (Phi) is 5.02. The Hall–Kier alpha value is -2.00. The molecule has 0 aliphatic rings. The fraction of sp³-hybridized carbons (Fsp3) is 0.294. The van der Waals surface area contributed by atoms with Crippen molar-refractivity contribution < 1.29 is 9.47 Å². The van der Waals surface area contributed by atoms with Gasteiger partial charge >= 0.3 is 0 Å². The van der Waals surface area contributed by atoms with Gasteiger partial charge in [-0.3, -0.25) is 0 Å². The van der Waals surface area contributed by atoms with Crippen molar-refractivity contribution >= 4 is 0 Å². The topological polar surface area (TPSA) is 44.5 Å². The molecule has 3 heteroatoms. The molecule has 0 spiro atoms. The largest absolute Gasteiger partial charge is 0.497 e. The molecule has 2 N–H and O–H groups in total. The van der Waals surface area contributed by atoms with Gasteiger partial charge < -0.3 is 15.2 Å². The quantitative estimate of drug-likeness (QED) is 0.876. The fourth-order valence-corrected chi connectivity index (χ4v) is 2.08. The van der Waals surface area contributed by atoms with Crippen molar-refractivity contribution in [2.45, 2.75) is 19.4 Å². The van der Waals surface area contributed by atoms with E-state index in [1.165, 1.54) is 5.56 Å². The molecule has 2 aromatic rings. The first kappa shape index (κ1) is 14.4. The van der Waals surface area contributed by atoms with Crippen molar-refractivity contribution in [1.29, 1.82) is 0 Å². The standard InChI is InChI=1S/C17H21NO2/c1-3-13-7-4-5-10-17(13)20-12-16(18)14-8-6-9-15(11-14)19-2/h4-11,16H,3,12,18H2,1-2H3. The zero-order valence-corrected chi connectivity index (χ0v) is 12.0. The van der Waals surface area contributed by atoms with Crippen LogP contribution in [0.3, 0.4) is 0 Å². The number of ether oxygens (including phenoxy) is 2. The smallest absolute Gasteiger partial charge is 0.122 e. The first-order chi connectivity index (χ1) is 9.74. The lowest BCUT2D eigenvalue weighted by molar-refractivity contribution is 0.288. The van der Waals surface area contributed by atoms with Crippen LogP contribution in [0.5, 0.6) is 11.5 Å². The summed E-state index contributed by atoms with van der Waals surface area (Å²) in [4.78, 5) is 0. The highest BCUT2D eigenvalue weighted by molar-refractivity contribution is 5.34. The average Bonchev–Trinajstić information content (AvgIpc) is 2.52. The number of para-hydroxylation sites is 1. The summed E-state index contributed by atoms with van der Waals surface area (Å²) in [5.41, 5.74) is 8.39. The monoisotopic (exact) mass is 271 g/mol. The van der Waals surface area contributed by atoms with Gasteiger partial charge in [0, 0.05) is 0 Å². The van der Waals surface area contributed by atoms with Gasteiger partial charge in [0.25, 0.3) is 0 Å². The first-order valence-corrected chi connectivity index (χ1v) is 6.84. The molecular formula is C17H21NO2. The van der Waals surface area contributed by atoms with E-state index in [-0.39, 0.29) is 6.04 Å². The number of benzene rings is 2. The van der Waals surface area contributed by atoms with Gasteiger partial charge in [-0.1, -0.05) is 37.3 Å². The van der Waals surface area contributed by atoms with E-state index in [2.05, 4.69) is 13.0 Å². The molecule has 0 aliphatic carbocycles. The molecule has 0 saturated carbocycles. The van der Waals surface area contributed by atoms with Crippen LogP contribution < -0.4 is 15.2 Å². The van der Waals surface area contributed by atoms with Crippen molar-refractivity contribution in [2.75, 3.05) is 13.7 Å². The van der Waals surface area contributed by atoms with Crippen molar-refractivity contribution in [3.8, 4) is 11.5 Å². The molecule has 0 bridgehead atoms. The van der Waals surface area contributed by atoms with Gasteiger partial charge in [0.15, 0.2) is 0 Å². The summed E-state index contributed by atoms with van der Waals surface area (Å²) in [5.74, 6) is 1.72. The Balaban J connectivity index is 2.02. The number of nitrogens with two attached hydrogens (primary N) is 1. The molecule has 0 heterocycles. The van der Waals surface area contributed by atoms with Crippen LogP contribution in [0.25, 0.3) is 0 Å². The minimum Gasteiger partial charge on any atom is -0.497 e. The molecule has 0 aromatic heterocycles. The maximum absolute atomic E-state index is 6.18. The van der Waals surface area contributed by atoms with Crippen LogP contribution in [0.15, 0.2) is 48.5 Å². The number of hydrogen-bond donors (Lipinski definition) is 1. The molecule has 2 aromatic carbocycles. The van der Waals surface area contributed by atoms with Gasteiger partial charge in [0.05, 0.1) is 13.2 Å². The molecule has 0 fully saturated rings. The van der Waals surface area contributed by atoms with E-state index in [4.69, 9.17) is 15.2 Å². The Morgan fingerprint density at radius 3 is 2.65 bits per heavy atom. The molecule has 2 rings (SSSR count). The van der Waals surface area contributed by atoms with E-state index in [0.717, 1.165) is 23.5 Å². The number of methoxy groups -OCH3 is 1. The average molecular weight is 271 g/mol. The van der Waals surface area contributed by atoms with Gasteiger partial charge in [-0.2, -0.15) is 0 Å². The van der Waals surface area contributed by atoms with Crippen LogP contribution in [0.1, 0.15) is 24.1 Å². The van der Waals surface area contributed by atoms with Crippen LogP contribution in [-0.2, 0) is 6.42 Å². The molecular weight excluding hydrogens is 250 g/mol. The minimum atomic E-state index is -0.171. The van der Waals surface area contributed by atoms with Crippen molar-refractivity contribution in [3.63, 3.8) is 0 Å². The lowest BCUT2D eigenvalue weighted by Crippen LogP contribution is -2.19. The van der Waals surface area contributed by atoms with Crippen molar-refractivity contribution in [2.24, 2.45) is 5.73 Å². The maximum Gasteiger partial charge on any atom is 0.122 e. The third-order valence-electron chi connectivity index (χ3n) is 3.29. The summed E-state index contributed by atoms with van der Waals surface area (Å²) in [6.07, 6.45) is 0.949. The number of aryl methyl sites for hydroxylation is 1. The normalized spacial score (nSPS) is 11.9. The summed E-state index contributed by atoms with van der Waals surface area (Å²) in [6.45, 7) is 2.56. The fourth-order valence-electron chi connectivity index (χ4n) is 2.08. The van der Waals surface area contributed by atoms with E-state index < -0.39 is 0 Å². The highest BCUT2D eigenvalue weighted by Crippen LogP contribution is 2.21. The van der Waals surface area contributed by atoms with Gasteiger partial charge in [0.2, 0.25) is 0 Å². The van der Waals surface area contributed by atoms with Crippen LogP contribution in [-0.4, -0.2) is 13.7 Å². The highest BCUT2D eigenvalue weighted by Gasteiger charge is 2.09. The number of rotatable bonds is 6. The van der Waals surface area contributed by atoms with Gasteiger partial charge in [-0.05, 0) is 35.7 Å². The van der Waals surface area contributed by atoms with E-state index in [9.17, 15) is 0 Å². The van der Waals surface area contributed by atoms with E-state index in [1.807, 2.05) is 42.5 Å². The molecule has 1 unspecified atom stereocenters. The Labute approximate surface area is 120 Å². The van der Waals surface area contributed by atoms with E-state index >= 15 is 0 Å². The third-order valence-corrected chi connectivity index (χ3v) is 3.29. The molecule has 3 nitrogen and oxygen atoms in total. The molecule has 1 atom stereocenters. The Bertz CT molecular complexity index is 554. The summed E-state index contributed by atoms with van der Waals surface area (Å²) < 4.78 is 11.1. The predicted octanol–water partition coefficient (Wildman–Crippen LogP) is 3.34. The van der Waals surface area contributed by atoms with Crippen LogP contribution in [0.2, 0.25) is 0 Å². The lowest BCUT2D eigenvalue weighted by Gasteiger charge is -2.16. The van der Waals surface area contributed by atoms with Crippen LogP contribution in [0.4, 0.5) is 0 Å². The van der Waals surface area contributed by atoms with Gasteiger partial charge in [-0.25, -0.2) is 0 Å². The summed E-state index contributed by atoms with van der Waals surface area (Å²) >= 11 is 0. The van der Waals surface area contributed by atoms with Gasteiger partial charge in [-0.15, -0.1) is 0 Å². The van der Waals surface area contributed by atoms with E-state index in [1.54, 1.807) is 7.11 Å². The molecule has 20 heavy (non-hydrogen) atoms. The second kappa shape index (κ2) is 6.96. The third kappa shape index (κ3) is 3.52. The highest BCUT2D eigenvalue weighted by atomic mass is 16.5. The summed E-state index contributed by atoms with van der Waals surface area (Å²) in [6, 6.07) is 15.7. The van der Waals surface area contributed by atoms with Crippen molar-refractivity contribution in [3.05, 3.63) is 59.7 Å².